The summed E-state index contributed by atoms with van der Waals surface area (Å²) < 4.78 is 13.8. The Bertz CT molecular complexity index is 774. The Labute approximate surface area is 146 Å². The molecule has 0 aliphatic carbocycles. The average Bonchev–Trinajstić information content (AvgIpc) is 2.63. The number of nitrogens with zero attached hydrogens (tertiary/aromatic N) is 1. The van der Waals surface area contributed by atoms with E-state index in [-0.39, 0.29) is 23.3 Å². The smallest absolute Gasteiger partial charge is 0.256 e. The SMILES string of the molecule is Cc1ccc(NC(=O)[C@H]2CCCN(C(=O)c3ccccc3F)C2)cc1. The fraction of sp³-hybridized carbons (Fsp3) is 0.300. The molecule has 5 heteroatoms. The van der Waals surface area contributed by atoms with Crippen LogP contribution in [0.1, 0.15) is 28.8 Å². The minimum atomic E-state index is -0.529. The van der Waals surface area contributed by atoms with Gasteiger partial charge in [0.25, 0.3) is 5.91 Å². The van der Waals surface area contributed by atoms with E-state index in [0.717, 1.165) is 24.1 Å². The van der Waals surface area contributed by atoms with E-state index < -0.39 is 5.82 Å². The summed E-state index contributed by atoms with van der Waals surface area (Å²) >= 11 is 0. The number of amides is 2. The lowest BCUT2D eigenvalue weighted by atomic mass is 9.96. The van der Waals surface area contributed by atoms with Gasteiger partial charge in [0.2, 0.25) is 5.91 Å². The maximum Gasteiger partial charge on any atom is 0.256 e. The highest BCUT2D eigenvalue weighted by Crippen LogP contribution is 2.21. The first kappa shape index (κ1) is 17.1. The van der Waals surface area contributed by atoms with Crippen molar-refractivity contribution in [3.63, 3.8) is 0 Å². The van der Waals surface area contributed by atoms with Crippen LogP contribution in [0.2, 0.25) is 0 Å². The summed E-state index contributed by atoms with van der Waals surface area (Å²) in [5, 5.41) is 2.90. The first-order chi connectivity index (χ1) is 12.0. The molecule has 1 heterocycles. The topological polar surface area (TPSA) is 49.4 Å². The van der Waals surface area contributed by atoms with Crippen molar-refractivity contribution in [1.82, 2.24) is 4.90 Å². The second-order valence-corrected chi connectivity index (χ2v) is 6.43. The zero-order valence-electron chi connectivity index (χ0n) is 14.2. The molecule has 3 rings (SSSR count). The molecular formula is C20H21FN2O2. The van der Waals surface area contributed by atoms with Crippen LogP contribution in [-0.2, 0) is 4.79 Å². The molecule has 1 saturated heterocycles. The molecule has 1 N–H and O–H groups in total. The van der Waals surface area contributed by atoms with Gasteiger partial charge in [-0.2, -0.15) is 0 Å². The Balaban J connectivity index is 1.66. The Hall–Kier alpha value is -2.69. The largest absolute Gasteiger partial charge is 0.338 e. The van der Waals surface area contributed by atoms with Crippen LogP contribution in [0, 0.1) is 18.7 Å². The number of likely N-dealkylation sites (tertiary alicyclic amines) is 1. The Kier molecular flexibility index (Phi) is 5.12. The molecule has 1 aliphatic heterocycles. The number of halogens is 1. The van der Waals surface area contributed by atoms with Crippen molar-refractivity contribution >= 4 is 17.5 Å². The van der Waals surface area contributed by atoms with Gasteiger partial charge in [-0.05, 0) is 44.0 Å². The molecule has 0 unspecified atom stereocenters. The number of nitrogens with one attached hydrogen (secondary N) is 1. The van der Waals surface area contributed by atoms with E-state index >= 15 is 0 Å². The molecule has 1 fully saturated rings. The Morgan fingerprint density at radius 3 is 2.56 bits per heavy atom. The maximum atomic E-state index is 13.8. The van der Waals surface area contributed by atoms with Crippen LogP contribution in [0.5, 0.6) is 0 Å². The molecular weight excluding hydrogens is 319 g/mol. The number of hydrogen-bond donors (Lipinski definition) is 1. The number of carbonyl (C=O) groups is 2. The number of hydrogen-bond acceptors (Lipinski definition) is 2. The zero-order valence-corrected chi connectivity index (χ0v) is 14.2. The van der Waals surface area contributed by atoms with Crippen molar-refractivity contribution in [2.24, 2.45) is 5.92 Å². The van der Waals surface area contributed by atoms with Crippen molar-refractivity contribution in [1.29, 1.82) is 0 Å². The summed E-state index contributed by atoms with van der Waals surface area (Å²) in [4.78, 5) is 26.6. The number of anilines is 1. The van der Waals surface area contributed by atoms with Gasteiger partial charge in [0.15, 0.2) is 0 Å². The fourth-order valence-electron chi connectivity index (χ4n) is 3.06. The van der Waals surface area contributed by atoms with Crippen LogP contribution in [0.4, 0.5) is 10.1 Å². The quantitative estimate of drug-likeness (QED) is 0.928. The molecule has 2 aromatic rings. The van der Waals surface area contributed by atoms with Gasteiger partial charge in [-0.25, -0.2) is 4.39 Å². The zero-order chi connectivity index (χ0) is 17.8. The van der Waals surface area contributed by atoms with E-state index in [1.165, 1.54) is 12.1 Å². The Morgan fingerprint density at radius 1 is 1.12 bits per heavy atom. The summed E-state index contributed by atoms with van der Waals surface area (Å²) in [6, 6.07) is 13.5. The van der Waals surface area contributed by atoms with Crippen LogP contribution in [0.15, 0.2) is 48.5 Å². The fourth-order valence-corrected chi connectivity index (χ4v) is 3.06. The van der Waals surface area contributed by atoms with Gasteiger partial charge in [0, 0.05) is 18.8 Å². The molecule has 25 heavy (non-hydrogen) atoms. The third-order valence-electron chi connectivity index (χ3n) is 4.50. The second kappa shape index (κ2) is 7.47. The molecule has 1 atom stereocenters. The summed E-state index contributed by atoms with van der Waals surface area (Å²) in [6.45, 7) is 2.84. The van der Waals surface area contributed by atoms with E-state index in [9.17, 15) is 14.0 Å². The maximum absolute atomic E-state index is 13.8. The average molecular weight is 340 g/mol. The van der Waals surface area contributed by atoms with Gasteiger partial charge in [-0.1, -0.05) is 29.8 Å². The lowest BCUT2D eigenvalue weighted by Crippen LogP contribution is -2.44. The van der Waals surface area contributed by atoms with Gasteiger partial charge < -0.3 is 10.2 Å². The molecule has 4 nitrogen and oxygen atoms in total. The molecule has 2 aromatic carbocycles. The van der Waals surface area contributed by atoms with Gasteiger partial charge in [0.05, 0.1) is 11.5 Å². The van der Waals surface area contributed by atoms with Gasteiger partial charge in [-0.15, -0.1) is 0 Å². The summed E-state index contributed by atoms with van der Waals surface area (Å²) in [5.41, 5.74) is 1.92. The van der Waals surface area contributed by atoms with Crippen molar-refractivity contribution in [3.8, 4) is 0 Å². The van der Waals surface area contributed by atoms with Gasteiger partial charge >= 0.3 is 0 Å². The van der Waals surface area contributed by atoms with E-state index in [4.69, 9.17) is 0 Å². The normalized spacial score (nSPS) is 17.2. The molecule has 2 amide bonds. The number of benzene rings is 2. The highest BCUT2D eigenvalue weighted by atomic mass is 19.1. The van der Waals surface area contributed by atoms with Crippen molar-refractivity contribution in [2.45, 2.75) is 19.8 Å². The van der Waals surface area contributed by atoms with Crippen LogP contribution in [-0.4, -0.2) is 29.8 Å². The van der Waals surface area contributed by atoms with E-state index in [2.05, 4.69) is 5.32 Å². The summed E-state index contributed by atoms with van der Waals surface area (Å²) in [6.07, 6.45) is 1.45. The van der Waals surface area contributed by atoms with Gasteiger partial charge in [-0.3, -0.25) is 9.59 Å². The van der Waals surface area contributed by atoms with Gasteiger partial charge in [0.1, 0.15) is 5.82 Å². The first-order valence-electron chi connectivity index (χ1n) is 8.46. The minimum Gasteiger partial charge on any atom is -0.338 e. The first-order valence-corrected chi connectivity index (χ1v) is 8.46. The predicted molar refractivity (Wildman–Crippen MR) is 94.8 cm³/mol. The lowest BCUT2D eigenvalue weighted by molar-refractivity contribution is -0.121. The highest BCUT2D eigenvalue weighted by molar-refractivity contribution is 5.96. The molecule has 0 spiro atoms. The van der Waals surface area contributed by atoms with E-state index in [0.29, 0.717) is 13.1 Å². The number of aryl methyl sites for hydroxylation is 1. The molecule has 0 radical (unpaired) electrons. The summed E-state index contributed by atoms with van der Waals surface area (Å²) in [5.74, 6) is -1.27. The number of rotatable bonds is 3. The standard InChI is InChI=1S/C20H21FN2O2/c1-14-8-10-16(11-9-14)22-19(24)15-5-4-12-23(13-15)20(25)17-6-2-3-7-18(17)21/h2-3,6-11,15H,4-5,12-13H2,1H3,(H,22,24)/t15-/m0/s1. The van der Waals surface area contributed by atoms with E-state index in [1.54, 1.807) is 17.0 Å². The van der Waals surface area contributed by atoms with Crippen molar-refractivity contribution in [3.05, 3.63) is 65.5 Å². The Morgan fingerprint density at radius 2 is 1.84 bits per heavy atom. The monoisotopic (exact) mass is 340 g/mol. The molecule has 0 aromatic heterocycles. The minimum absolute atomic E-state index is 0.0575. The summed E-state index contributed by atoms with van der Waals surface area (Å²) in [7, 11) is 0. The van der Waals surface area contributed by atoms with Crippen LogP contribution in [0.3, 0.4) is 0 Å². The second-order valence-electron chi connectivity index (χ2n) is 6.43. The predicted octanol–water partition coefficient (Wildman–Crippen LogP) is 3.63. The third-order valence-corrected chi connectivity index (χ3v) is 4.50. The molecule has 0 saturated carbocycles. The van der Waals surface area contributed by atoms with Crippen LogP contribution in [0.25, 0.3) is 0 Å². The molecule has 130 valence electrons. The van der Waals surface area contributed by atoms with Crippen molar-refractivity contribution < 1.29 is 14.0 Å². The van der Waals surface area contributed by atoms with Crippen molar-refractivity contribution in [2.75, 3.05) is 18.4 Å². The third kappa shape index (κ3) is 4.05. The lowest BCUT2D eigenvalue weighted by Gasteiger charge is -2.32. The highest BCUT2D eigenvalue weighted by Gasteiger charge is 2.29. The number of carbonyl (C=O) groups excluding carboxylic acids is 2. The molecule has 0 bridgehead atoms. The van der Waals surface area contributed by atoms with E-state index in [1.807, 2.05) is 31.2 Å². The molecule has 1 aliphatic rings. The van der Waals surface area contributed by atoms with Crippen LogP contribution < -0.4 is 5.32 Å². The number of piperidine rings is 1. The van der Waals surface area contributed by atoms with Crippen LogP contribution >= 0.6 is 0 Å².